The first kappa shape index (κ1) is 19.9. The van der Waals surface area contributed by atoms with Crippen LogP contribution in [0, 0.1) is 5.92 Å². The van der Waals surface area contributed by atoms with Crippen LogP contribution in [0.4, 0.5) is 5.69 Å². The van der Waals surface area contributed by atoms with Gasteiger partial charge < -0.3 is 10.2 Å². The minimum absolute atomic E-state index is 0.0563. The van der Waals surface area contributed by atoms with Crippen LogP contribution >= 0.6 is 0 Å². The van der Waals surface area contributed by atoms with E-state index in [0.717, 1.165) is 17.7 Å². The summed E-state index contributed by atoms with van der Waals surface area (Å²) in [5.74, 6) is 0.411. The second kappa shape index (κ2) is 8.54. The molecule has 0 aliphatic heterocycles. The minimum atomic E-state index is -0.145. The summed E-state index contributed by atoms with van der Waals surface area (Å²) in [6, 6.07) is 27.0. The van der Waals surface area contributed by atoms with E-state index in [9.17, 15) is 9.59 Å². The summed E-state index contributed by atoms with van der Waals surface area (Å²) in [5.41, 5.74) is 3.57. The fourth-order valence-electron chi connectivity index (χ4n) is 3.88. The number of carbonyl (C=O) groups is 2. The monoisotopic (exact) mass is 398 g/mol. The second-order valence-corrected chi connectivity index (χ2v) is 7.93. The Balaban J connectivity index is 1.42. The zero-order chi connectivity index (χ0) is 21.1. The molecule has 3 aromatic rings. The van der Waals surface area contributed by atoms with Crippen LogP contribution < -0.4 is 5.32 Å². The predicted octanol–water partition coefficient (Wildman–Crippen LogP) is 5.26. The second-order valence-electron chi connectivity index (χ2n) is 7.93. The Morgan fingerprint density at radius 1 is 0.933 bits per heavy atom. The van der Waals surface area contributed by atoms with Gasteiger partial charge in [-0.15, -0.1) is 0 Å². The third-order valence-corrected chi connectivity index (χ3v) is 5.93. The molecule has 0 radical (unpaired) electrons. The summed E-state index contributed by atoms with van der Waals surface area (Å²) in [5, 5.41) is 2.94. The van der Waals surface area contributed by atoms with Gasteiger partial charge in [0.05, 0.1) is 6.04 Å². The van der Waals surface area contributed by atoms with E-state index in [0.29, 0.717) is 11.5 Å². The Morgan fingerprint density at radius 2 is 1.60 bits per heavy atom. The van der Waals surface area contributed by atoms with Gasteiger partial charge in [-0.05, 0) is 54.7 Å². The normalized spacial score (nSPS) is 18.3. The number of benzene rings is 3. The smallest absolute Gasteiger partial charge is 0.255 e. The van der Waals surface area contributed by atoms with Crippen molar-refractivity contribution in [1.82, 2.24) is 4.90 Å². The van der Waals surface area contributed by atoms with Crippen molar-refractivity contribution < 1.29 is 9.59 Å². The molecular weight excluding hydrogens is 372 g/mol. The van der Waals surface area contributed by atoms with E-state index >= 15 is 0 Å². The number of rotatable bonds is 6. The molecule has 30 heavy (non-hydrogen) atoms. The molecule has 2 amide bonds. The average molecular weight is 399 g/mol. The van der Waals surface area contributed by atoms with E-state index in [2.05, 4.69) is 17.4 Å². The summed E-state index contributed by atoms with van der Waals surface area (Å²) in [6.45, 7) is 2.02. The van der Waals surface area contributed by atoms with Crippen molar-refractivity contribution in [2.45, 2.75) is 25.3 Å². The van der Waals surface area contributed by atoms with E-state index in [4.69, 9.17) is 0 Å². The quantitative estimate of drug-likeness (QED) is 0.616. The van der Waals surface area contributed by atoms with E-state index in [1.807, 2.05) is 79.5 Å². The average Bonchev–Trinajstić information content (AvgIpc) is 3.60. The molecule has 0 saturated heterocycles. The zero-order valence-electron chi connectivity index (χ0n) is 17.3. The van der Waals surface area contributed by atoms with Gasteiger partial charge in [-0.1, -0.05) is 60.7 Å². The van der Waals surface area contributed by atoms with E-state index in [1.54, 1.807) is 12.1 Å². The molecule has 1 N–H and O–H groups in total. The maximum Gasteiger partial charge on any atom is 0.255 e. The maximum atomic E-state index is 13.0. The highest BCUT2D eigenvalue weighted by molar-refractivity contribution is 6.04. The van der Waals surface area contributed by atoms with Gasteiger partial charge in [-0.2, -0.15) is 0 Å². The van der Waals surface area contributed by atoms with Gasteiger partial charge >= 0.3 is 0 Å². The van der Waals surface area contributed by atoms with Gasteiger partial charge in [0.1, 0.15) is 0 Å². The summed E-state index contributed by atoms with van der Waals surface area (Å²) < 4.78 is 0. The van der Waals surface area contributed by atoms with E-state index < -0.39 is 0 Å². The molecule has 1 saturated carbocycles. The van der Waals surface area contributed by atoms with Crippen molar-refractivity contribution in [3.05, 3.63) is 102 Å². The number of hydrogen-bond acceptors (Lipinski definition) is 2. The molecule has 4 rings (SSSR count). The predicted molar refractivity (Wildman–Crippen MR) is 119 cm³/mol. The van der Waals surface area contributed by atoms with Crippen LogP contribution in [-0.2, 0) is 4.79 Å². The van der Waals surface area contributed by atoms with Gasteiger partial charge in [0.25, 0.3) is 5.91 Å². The number of carbonyl (C=O) groups excluding carboxylic acids is 2. The lowest BCUT2D eigenvalue weighted by Gasteiger charge is -2.26. The summed E-state index contributed by atoms with van der Waals surface area (Å²) in [6.07, 6.45) is 0.910. The first-order valence-electron chi connectivity index (χ1n) is 10.3. The van der Waals surface area contributed by atoms with Crippen LogP contribution in [0.15, 0.2) is 84.9 Å². The molecule has 0 aromatic heterocycles. The lowest BCUT2D eigenvalue weighted by Crippen LogP contribution is -2.31. The van der Waals surface area contributed by atoms with Crippen LogP contribution in [-0.4, -0.2) is 23.8 Å². The first-order chi connectivity index (χ1) is 14.5. The van der Waals surface area contributed by atoms with Crippen LogP contribution in [0.2, 0.25) is 0 Å². The molecule has 1 fully saturated rings. The summed E-state index contributed by atoms with van der Waals surface area (Å²) in [7, 11) is 1.86. The number of anilines is 1. The lowest BCUT2D eigenvalue weighted by molar-refractivity contribution is -0.133. The van der Waals surface area contributed by atoms with Crippen LogP contribution in [0.25, 0.3) is 0 Å². The van der Waals surface area contributed by atoms with Gasteiger partial charge in [-0.3, -0.25) is 9.59 Å². The molecule has 0 bridgehead atoms. The van der Waals surface area contributed by atoms with Crippen molar-refractivity contribution in [2.24, 2.45) is 5.92 Å². The Kier molecular flexibility index (Phi) is 5.66. The molecule has 4 nitrogen and oxygen atoms in total. The van der Waals surface area contributed by atoms with Crippen molar-refractivity contribution in [3.8, 4) is 0 Å². The molecule has 0 unspecified atom stereocenters. The molecule has 0 spiro atoms. The van der Waals surface area contributed by atoms with Gasteiger partial charge in [-0.25, -0.2) is 0 Å². The number of amides is 2. The SMILES string of the molecule is C[C@H](c1cccc(NC(=O)c2ccccc2)c1)N(C)C(=O)[C@H]1C[C@@H]1c1ccccc1. The molecule has 4 heteroatoms. The number of nitrogens with zero attached hydrogens (tertiary/aromatic N) is 1. The highest BCUT2D eigenvalue weighted by Gasteiger charge is 2.45. The Morgan fingerprint density at radius 3 is 2.30 bits per heavy atom. The van der Waals surface area contributed by atoms with Gasteiger partial charge in [0.2, 0.25) is 5.91 Å². The maximum absolute atomic E-state index is 13.0. The van der Waals surface area contributed by atoms with Gasteiger partial charge in [0.15, 0.2) is 0 Å². The van der Waals surface area contributed by atoms with Gasteiger partial charge in [0, 0.05) is 24.2 Å². The molecule has 3 atom stereocenters. The zero-order valence-corrected chi connectivity index (χ0v) is 17.3. The van der Waals surface area contributed by atoms with Crippen LogP contribution in [0.3, 0.4) is 0 Å². The van der Waals surface area contributed by atoms with Crippen molar-refractivity contribution in [3.63, 3.8) is 0 Å². The molecule has 0 heterocycles. The van der Waals surface area contributed by atoms with Crippen LogP contribution in [0.1, 0.15) is 46.8 Å². The fourth-order valence-corrected chi connectivity index (χ4v) is 3.88. The van der Waals surface area contributed by atoms with Crippen molar-refractivity contribution in [2.75, 3.05) is 12.4 Å². The third-order valence-electron chi connectivity index (χ3n) is 5.93. The Hall–Kier alpha value is -3.40. The highest BCUT2D eigenvalue weighted by atomic mass is 16.2. The lowest BCUT2D eigenvalue weighted by atomic mass is 10.0. The fraction of sp³-hybridized carbons (Fsp3) is 0.231. The minimum Gasteiger partial charge on any atom is -0.339 e. The van der Waals surface area contributed by atoms with Crippen molar-refractivity contribution in [1.29, 1.82) is 0 Å². The highest BCUT2D eigenvalue weighted by Crippen LogP contribution is 2.48. The standard InChI is InChI=1S/C26H26N2O2/c1-18(28(2)26(30)24-17-23(24)19-10-5-3-6-11-19)21-14-9-15-22(16-21)27-25(29)20-12-7-4-8-13-20/h3-16,18,23-24H,17H2,1-2H3,(H,27,29)/t18-,23-,24+/m1/s1. The number of hydrogen-bond donors (Lipinski definition) is 1. The third kappa shape index (κ3) is 4.28. The molecule has 3 aromatic carbocycles. The summed E-state index contributed by atoms with van der Waals surface area (Å²) >= 11 is 0. The van der Waals surface area contributed by atoms with Crippen LogP contribution in [0.5, 0.6) is 0 Å². The molecular formula is C26H26N2O2. The number of nitrogens with one attached hydrogen (secondary N) is 1. The first-order valence-corrected chi connectivity index (χ1v) is 10.3. The molecule has 152 valence electrons. The molecule has 1 aliphatic rings. The van der Waals surface area contributed by atoms with E-state index in [-0.39, 0.29) is 23.8 Å². The topological polar surface area (TPSA) is 49.4 Å². The van der Waals surface area contributed by atoms with E-state index in [1.165, 1.54) is 5.56 Å². The largest absolute Gasteiger partial charge is 0.339 e. The summed E-state index contributed by atoms with van der Waals surface area (Å²) in [4.78, 5) is 27.3. The molecule has 1 aliphatic carbocycles. The Bertz CT molecular complexity index is 1030. The van der Waals surface area contributed by atoms with Crippen molar-refractivity contribution >= 4 is 17.5 Å². The Labute approximate surface area is 177 Å².